The average molecular weight is 429 g/mol. The fraction of sp³-hybridized carbons (Fsp3) is 0.407. The van der Waals surface area contributed by atoms with E-state index in [0.29, 0.717) is 28.2 Å². The molecule has 0 spiro atoms. The minimum Gasteiger partial charge on any atom is -0.239 e. The van der Waals surface area contributed by atoms with Crippen molar-refractivity contribution in [3.05, 3.63) is 83.5 Å². The van der Waals surface area contributed by atoms with E-state index in [0.717, 1.165) is 25.7 Å². The van der Waals surface area contributed by atoms with Crippen LogP contribution >= 0.6 is 0 Å². The maximum absolute atomic E-state index is 15.1. The van der Waals surface area contributed by atoms with Crippen LogP contribution in [0.15, 0.2) is 72.4 Å². The number of rotatable bonds is 4. The van der Waals surface area contributed by atoms with Crippen LogP contribution in [0, 0.1) is 11.8 Å². The van der Waals surface area contributed by atoms with Gasteiger partial charge >= 0.3 is 0 Å². The van der Waals surface area contributed by atoms with E-state index in [4.69, 9.17) is 0 Å². The minimum atomic E-state index is -1.73. The molecule has 1 fully saturated rings. The molecule has 1 saturated carbocycles. The van der Waals surface area contributed by atoms with Gasteiger partial charge in [0.1, 0.15) is 0 Å². The summed E-state index contributed by atoms with van der Waals surface area (Å²) in [7, 11) is 0. The Labute approximate surface area is 181 Å². The van der Waals surface area contributed by atoms with Gasteiger partial charge in [0, 0.05) is 0 Å². The van der Waals surface area contributed by atoms with Crippen LogP contribution < -0.4 is 0 Å². The Morgan fingerprint density at radius 2 is 1.23 bits per heavy atom. The molecule has 0 saturated heterocycles. The molecule has 3 aliphatic rings. The van der Waals surface area contributed by atoms with E-state index in [1.165, 1.54) is 0 Å². The molecule has 164 valence electrons. The Hall–Kier alpha value is -2.36. The number of allylic oxidation sites excluding steroid dienone is 9. The first-order valence-electron chi connectivity index (χ1n) is 11.0. The zero-order chi connectivity index (χ0) is 22.1. The van der Waals surface area contributed by atoms with Gasteiger partial charge in [0.25, 0.3) is 0 Å². The Kier molecular flexibility index (Phi) is 6.36. The van der Waals surface area contributed by atoms with Crippen molar-refractivity contribution in [2.45, 2.75) is 57.3 Å². The molecule has 1 aromatic rings. The molecule has 4 rings (SSSR count). The summed E-state index contributed by atoms with van der Waals surface area (Å²) >= 11 is 0. The van der Waals surface area contributed by atoms with Crippen molar-refractivity contribution in [2.75, 3.05) is 0 Å². The third-order valence-corrected chi connectivity index (χ3v) is 6.97. The third kappa shape index (κ3) is 4.22. The molecule has 31 heavy (non-hydrogen) atoms. The number of hydrogen-bond acceptors (Lipinski definition) is 0. The highest BCUT2D eigenvalue weighted by Crippen LogP contribution is 2.41. The van der Waals surface area contributed by atoms with Gasteiger partial charge in [-0.2, -0.15) is 0 Å². The Balaban J connectivity index is 1.54. The summed E-state index contributed by atoms with van der Waals surface area (Å²) in [4.78, 5) is 0. The van der Waals surface area contributed by atoms with Crippen LogP contribution in [-0.2, 0) is 0 Å². The van der Waals surface area contributed by atoms with E-state index < -0.39 is 24.7 Å². The standard InChI is InChI=1S/C27H28F4/c1-3-17-5-7-18(8-6-17)22-14-15-23(27(31)26(22)30)20-11-9-19(10-12-20)21-13-4-16(2)24(28)25(21)29/h3-4,9-15,17-18,24-27H,1,5-8H2,2H3. The molecular weight excluding hydrogens is 400 g/mol. The molecule has 0 aromatic heterocycles. The van der Waals surface area contributed by atoms with Gasteiger partial charge in [-0.25, -0.2) is 17.6 Å². The summed E-state index contributed by atoms with van der Waals surface area (Å²) in [6.07, 6.45) is 5.41. The van der Waals surface area contributed by atoms with Gasteiger partial charge < -0.3 is 0 Å². The largest absolute Gasteiger partial charge is 0.239 e. The summed E-state index contributed by atoms with van der Waals surface area (Å²) in [5, 5.41) is 0. The van der Waals surface area contributed by atoms with Crippen LogP contribution in [0.3, 0.4) is 0 Å². The molecule has 0 radical (unpaired) electrons. The molecule has 1 aromatic carbocycles. The minimum absolute atomic E-state index is 0.0783. The zero-order valence-electron chi connectivity index (χ0n) is 17.7. The summed E-state index contributed by atoms with van der Waals surface area (Å²) in [6, 6.07) is 6.60. The van der Waals surface area contributed by atoms with Crippen molar-refractivity contribution in [2.24, 2.45) is 11.8 Å². The number of hydrogen-bond donors (Lipinski definition) is 0. The highest BCUT2D eigenvalue weighted by atomic mass is 19.2. The van der Waals surface area contributed by atoms with Gasteiger partial charge in [0.05, 0.1) is 0 Å². The fourth-order valence-electron chi connectivity index (χ4n) is 4.91. The molecular formula is C27H28F4. The quantitative estimate of drug-likeness (QED) is 0.340. The highest BCUT2D eigenvalue weighted by molar-refractivity contribution is 5.77. The van der Waals surface area contributed by atoms with E-state index in [9.17, 15) is 8.78 Å². The van der Waals surface area contributed by atoms with Crippen molar-refractivity contribution in [3.63, 3.8) is 0 Å². The van der Waals surface area contributed by atoms with Crippen LogP contribution in [0.2, 0.25) is 0 Å². The fourth-order valence-corrected chi connectivity index (χ4v) is 4.91. The molecule has 0 amide bonds. The molecule has 4 unspecified atom stereocenters. The molecule has 0 aliphatic heterocycles. The smallest absolute Gasteiger partial charge is 0.161 e. The van der Waals surface area contributed by atoms with Gasteiger partial charge in [0.15, 0.2) is 24.7 Å². The highest BCUT2D eigenvalue weighted by Gasteiger charge is 2.36. The van der Waals surface area contributed by atoms with E-state index in [1.807, 2.05) is 6.08 Å². The van der Waals surface area contributed by atoms with Crippen LogP contribution in [0.5, 0.6) is 0 Å². The predicted octanol–water partition coefficient (Wildman–Crippen LogP) is 7.70. The van der Waals surface area contributed by atoms with Crippen LogP contribution in [0.4, 0.5) is 17.6 Å². The van der Waals surface area contributed by atoms with Crippen molar-refractivity contribution < 1.29 is 17.6 Å². The maximum Gasteiger partial charge on any atom is 0.161 e. The van der Waals surface area contributed by atoms with Gasteiger partial charge in [0.2, 0.25) is 0 Å². The second-order valence-electron chi connectivity index (χ2n) is 8.85. The van der Waals surface area contributed by atoms with Crippen LogP contribution in [-0.4, -0.2) is 24.7 Å². The lowest BCUT2D eigenvalue weighted by Crippen LogP contribution is -2.29. The normalized spacial score (nSPS) is 33.7. The second kappa shape index (κ2) is 9.02. The molecule has 4 heteroatoms. The SMILES string of the molecule is C=CC1CCC(C2=CC=C(c3ccc(C4=CC=C(C)C(F)C4F)cc3)C(F)C2F)CC1. The van der Waals surface area contributed by atoms with Crippen LogP contribution in [0.25, 0.3) is 11.1 Å². The molecule has 0 heterocycles. The third-order valence-electron chi connectivity index (χ3n) is 6.97. The lowest BCUT2D eigenvalue weighted by Gasteiger charge is -2.33. The van der Waals surface area contributed by atoms with Crippen LogP contribution in [0.1, 0.15) is 43.7 Å². The maximum atomic E-state index is 15.1. The monoisotopic (exact) mass is 428 g/mol. The zero-order valence-corrected chi connectivity index (χ0v) is 17.7. The first-order chi connectivity index (χ1) is 14.9. The first kappa shape index (κ1) is 21.9. The van der Waals surface area contributed by atoms with Crippen molar-refractivity contribution in [1.82, 2.24) is 0 Å². The van der Waals surface area contributed by atoms with E-state index in [2.05, 4.69) is 6.58 Å². The van der Waals surface area contributed by atoms with Gasteiger partial charge in [-0.3, -0.25) is 0 Å². The number of halogens is 4. The number of benzene rings is 1. The first-order valence-corrected chi connectivity index (χ1v) is 11.0. The van der Waals surface area contributed by atoms with Gasteiger partial charge in [-0.05, 0) is 77.9 Å². The lowest BCUT2D eigenvalue weighted by molar-refractivity contribution is 0.212. The molecule has 0 N–H and O–H groups in total. The molecule has 0 nitrogen and oxygen atoms in total. The summed E-state index contributed by atoms with van der Waals surface area (Å²) < 4.78 is 58.5. The molecule has 3 aliphatic carbocycles. The summed E-state index contributed by atoms with van der Waals surface area (Å²) in [5.74, 6) is 0.550. The Morgan fingerprint density at radius 3 is 1.77 bits per heavy atom. The van der Waals surface area contributed by atoms with E-state index in [1.54, 1.807) is 55.5 Å². The second-order valence-corrected chi connectivity index (χ2v) is 8.85. The van der Waals surface area contributed by atoms with E-state index in [-0.39, 0.29) is 17.1 Å². The predicted molar refractivity (Wildman–Crippen MR) is 119 cm³/mol. The topological polar surface area (TPSA) is 0 Å². The summed E-state index contributed by atoms with van der Waals surface area (Å²) in [5.41, 5.74) is 2.56. The van der Waals surface area contributed by atoms with E-state index >= 15 is 8.78 Å². The Morgan fingerprint density at radius 1 is 0.710 bits per heavy atom. The van der Waals surface area contributed by atoms with Crippen molar-refractivity contribution in [1.29, 1.82) is 0 Å². The lowest BCUT2D eigenvalue weighted by atomic mass is 9.74. The summed E-state index contributed by atoms with van der Waals surface area (Å²) in [6.45, 7) is 5.40. The average Bonchev–Trinajstić information content (AvgIpc) is 2.80. The number of alkyl halides is 4. The van der Waals surface area contributed by atoms with Crippen molar-refractivity contribution in [3.8, 4) is 0 Å². The molecule has 4 atom stereocenters. The Bertz CT molecular complexity index is 942. The van der Waals surface area contributed by atoms with Gasteiger partial charge in [-0.15, -0.1) is 6.58 Å². The van der Waals surface area contributed by atoms with Gasteiger partial charge in [-0.1, -0.05) is 54.6 Å². The van der Waals surface area contributed by atoms with Crippen molar-refractivity contribution >= 4 is 11.1 Å². The molecule has 0 bridgehead atoms.